The van der Waals surface area contributed by atoms with Gasteiger partial charge in [-0.15, -0.1) is 0 Å². The lowest BCUT2D eigenvalue weighted by atomic mass is 10.2. The minimum absolute atomic E-state index is 0.110. The van der Waals surface area contributed by atoms with Gasteiger partial charge in [0.1, 0.15) is 5.76 Å². The fraction of sp³-hybridized carbons (Fsp3) is 0.444. The van der Waals surface area contributed by atoms with Crippen LogP contribution in [-0.4, -0.2) is 55.7 Å². The van der Waals surface area contributed by atoms with Crippen LogP contribution in [0.3, 0.4) is 0 Å². The molecule has 0 spiro atoms. The summed E-state index contributed by atoms with van der Waals surface area (Å²) < 4.78 is 37.9. The molecule has 1 amide bonds. The second-order valence-corrected chi connectivity index (χ2v) is 9.29. The van der Waals surface area contributed by atoms with Gasteiger partial charge in [-0.1, -0.05) is 17.8 Å². The lowest BCUT2D eigenvalue weighted by Crippen LogP contribution is -2.40. The molecule has 0 bridgehead atoms. The number of thioether (sulfide) groups is 1. The molecule has 3 rings (SSSR count). The van der Waals surface area contributed by atoms with Crippen molar-refractivity contribution in [3.8, 4) is 0 Å². The smallest absolute Gasteiger partial charge is 0.256 e. The number of anilines is 1. The Kier molecular flexibility index (Phi) is 6.43. The number of carbonyl (C=O) groups is 1. The quantitative estimate of drug-likeness (QED) is 0.709. The van der Waals surface area contributed by atoms with Crippen LogP contribution in [0, 0.1) is 20.8 Å². The van der Waals surface area contributed by atoms with E-state index >= 15 is 0 Å². The third kappa shape index (κ3) is 4.75. The SMILES string of the molecule is Cc1ccc(NC(=O)CSc2nc(C)c(C)o2)cc1S(=O)(=O)N1CCOCC1. The number of amides is 1. The number of aryl methyl sites for hydroxylation is 3. The monoisotopic (exact) mass is 425 g/mol. The van der Waals surface area contributed by atoms with Gasteiger partial charge in [0.2, 0.25) is 15.9 Å². The van der Waals surface area contributed by atoms with Crippen LogP contribution in [0.4, 0.5) is 5.69 Å². The van der Waals surface area contributed by atoms with Crippen LogP contribution >= 0.6 is 11.8 Å². The first-order valence-corrected chi connectivity index (χ1v) is 11.2. The normalized spacial score (nSPS) is 15.5. The topological polar surface area (TPSA) is 102 Å². The first-order chi connectivity index (χ1) is 13.3. The standard InChI is InChI=1S/C18H23N3O5S2/c1-12-4-5-15(10-16(12)28(23,24)21-6-8-25-9-7-21)20-17(22)11-27-18-19-13(2)14(3)26-18/h4-5,10H,6-9,11H2,1-3H3,(H,20,22). The Hall–Kier alpha value is -1.88. The first kappa shape index (κ1) is 20.8. The Bertz CT molecular complexity index is 946. The van der Waals surface area contributed by atoms with Gasteiger partial charge in [-0.2, -0.15) is 4.31 Å². The summed E-state index contributed by atoms with van der Waals surface area (Å²) in [4.78, 5) is 16.7. The maximum Gasteiger partial charge on any atom is 0.256 e. The van der Waals surface area contributed by atoms with E-state index in [0.29, 0.717) is 42.8 Å². The Balaban J connectivity index is 1.69. The van der Waals surface area contributed by atoms with Crippen molar-refractivity contribution in [2.45, 2.75) is 30.9 Å². The number of oxazole rings is 1. The van der Waals surface area contributed by atoms with Gasteiger partial charge in [0.05, 0.1) is 29.6 Å². The lowest BCUT2D eigenvalue weighted by molar-refractivity contribution is -0.113. The third-order valence-electron chi connectivity index (χ3n) is 4.40. The molecule has 1 saturated heterocycles. The molecular weight excluding hydrogens is 402 g/mol. The summed E-state index contributed by atoms with van der Waals surface area (Å²) in [6.07, 6.45) is 0. The summed E-state index contributed by atoms with van der Waals surface area (Å²) in [7, 11) is -3.64. The first-order valence-electron chi connectivity index (χ1n) is 8.82. The van der Waals surface area contributed by atoms with E-state index in [1.165, 1.54) is 22.1 Å². The summed E-state index contributed by atoms with van der Waals surface area (Å²) in [5, 5.41) is 3.17. The van der Waals surface area contributed by atoms with E-state index in [2.05, 4.69) is 10.3 Å². The van der Waals surface area contributed by atoms with Crippen molar-refractivity contribution in [2.75, 3.05) is 37.4 Å². The van der Waals surface area contributed by atoms with E-state index in [1.54, 1.807) is 19.1 Å². The highest BCUT2D eigenvalue weighted by Crippen LogP contribution is 2.25. The van der Waals surface area contributed by atoms with Crippen molar-refractivity contribution in [1.82, 2.24) is 9.29 Å². The number of morpholine rings is 1. The Morgan fingerprint density at radius 3 is 2.61 bits per heavy atom. The van der Waals surface area contributed by atoms with Crippen LogP contribution in [-0.2, 0) is 19.6 Å². The van der Waals surface area contributed by atoms with Crippen molar-refractivity contribution in [3.63, 3.8) is 0 Å². The lowest BCUT2D eigenvalue weighted by Gasteiger charge is -2.26. The number of aromatic nitrogens is 1. The fourth-order valence-corrected chi connectivity index (χ4v) is 5.08. The van der Waals surface area contributed by atoms with Crippen LogP contribution in [0.5, 0.6) is 0 Å². The molecule has 1 aromatic carbocycles. The Morgan fingerprint density at radius 2 is 1.96 bits per heavy atom. The summed E-state index contributed by atoms with van der Waals surface area (Å²) >= 11 is 1.19. The highest BCUT2D eigenvalue weighted by molar-refractivity contribution is 7.99. The van der Waals surface area contributed by atoms with Gasteiger partial charge in [0, 0.05) is 18.8 Å². The molecule has 1 aromatic heterocycles. The zero-order chi connectivity index (χ0) is 20.3. The number of ether oxygens (including phenoxy) is 1. The number of nitrogens with zero attached hydrogens (tertiary/aromatic N) is 2. The molecule has 1 fully saturated rings. The molecule has 0 unspecified atom stereocenters. The summed E-state index contributed by atoms with van der Waals surface area (Å²) in [6, 6.07) is 4.88. The van der Waals surface area contributed by atoms with Crippen LogP contribution in [0.15, 0.2) is 32.7 Å². The molecule has 1 N–H and O–H groups in total. The van der Waals surface area contributed by atoms with Gasteiger partial charge in [-0.25, -0.2) is 13.4 Å². The van der Waals surface area contributed by atoms with E-state index in [1.807, 2.05) is 13.8 Å². The molecule has 0 saturated carbocycles. The van der Waals surface area contributed by atoms with Gasteiger partial charge in [-0.05, 0) is 38.5 Å². The number of benzene rings is 1. The second-order valence-electron chi connectivity index (χ2n) is 6.45. The molecule has 2 heterocycles. The van der Waals surface area contributed by atoms with E-state index < -0.39 is 10.0 Å². The van der Waals surface area contributed by atoms with Crippen molar-refractivity contribution in [3.05, 3.63) is 35.2 Å². The molecule has 0 atom stereocenters. The van der Waals surface area contributed by atoms with Crippen molar-refractivity contribution in [2.24, 2.45) is 0 Å². The highest BCUT2D eigenvalue weighted by Gasteiger charge is 2.28. The molecule has 0 radical (unpaired) electrons. The molecule has 152 valence electrons. The molecular formula is C18H23N3O5S2. The van der Waals surface area contributed by atoms with Gasteiger partial charge in [-0.3, -0.25) is 4.79 Å². The second kappa shape index (κ2) is 8.64. The van der Waals surface area contributed by atoms with Gasteiger partial charge < -0.3 is 14.5 Å². The summed E-state index contributed by atoms with van der Waals surface area (Å²) in [5.41, 5.74) is 1.85. The van der Waals surface area contributed by atoms with E-state index in [-0.39, 0.29) is 16.6 Å². The highest BCUT2D eigenvalue weighted by atomic mass is 32.2. The molecule has 8 nitrogen and oxygen atoms in total. The zero-order valence-electron chi connectivity index (χ0n) is 16.0. The van der Waals surface area contributed by atoms with Gasteiger partial charge in [0.25, 0.3) is 5.22 Å². The number of sulfonamides is 1. The molecule has 1 aliphatic rings. The minimum Gasteiger partial charge on any atom is -0.437 e. The maximum atomic E-state index is 12.9. The van der Waals surface area contributed by atoms with Gasteiger partial charge in [0.15, 0.2) is 0 Å². The number of carbonyl (C=O) groups excluding carboxylic acids is 1. The number of hydrogen-bond donors (Lipinski definition) is 1. The van der Waals surface area contributed by atoms with E-state index in [4.69, 9.17) is 9.15 Å². The van der Waals surface area contributed by atoms with Crippen molar-refractivity contribution in [1.29, 1.82) is 0 Å². The Labute approximate surface area is 168 Å². The zero-order valence-corrected chi connectivity index (χ0v) is 17.7. The molecule has 0 aliphatic carbocycles. The maximum absolute atomic E-state index is 12.9. The molecule has 28 heavy (non-hydrogen) atoms. The molecule has 1 aliphatic heterocycles. The van der Waals surface area contributed by atoms with Crippen LogP contribution in [0.2, 0.25) is 0 Å². The van der Waals surface area contributed by atoms with Crippen molar-refractivity contribution >= 4 is 33.4 Å². The van der Waals surface area contributed by atoms with Gasteiger partial charge >= 0.3 is 0 Å². The van der Waals surface area contributed by atoms with Crippen molar-refractivity contribution < 1.29 is 22.4 Å². The number of nitrogens with one attached hydrogen (secondary N) is 1. The van der Waals surface area contributed by atoms with Crippen LogP contribution < -0.4 is 5.32 Å². The third-order valence-corrected chi connectivity index (χ3v) is 7.26. The number of hydrogen-bond acceptors (Lipinski definition) is 7. The predicted octanol–water partition coefficient (Wildman–Crippen LogP) is 2.35. The summed E-state index contributed by atoms with van der Waals surface area (Å²) in [5.74, 6) is 0.565. The summed E-state index contributed by atoms with van der Waals surface area (Å²) in [6.45, 7) is 6.80. The largest absolute Gasteiger partial charge is 0.437 e. The average Bonchev–Trinajstić information content (AvgIpc) is 3.00. The Morgan fingerprint density at radius 1 is 1.25 bits per heavy atom. The predicted molar refractivity (Wildman–Crippen MR) is 106 cm³/mol. The van der Waals surface area contributed by atoms with E-state index in [9.17, 15) is 13.2 Å². The minimum atomic E-state index is -3.64. The van der Waals surface area contributed by atoms with E-state index in [0.717, 1.165) is 11.5 Å². The molecule has 2 aromatic rings. The number of rotatable bonds is 6. The average molecular weight is 426 g/mol. The van der Waals surface area contributed by atoms with Crippen LogP contribution in [0.1, 0.15) is 17.0 Å². The fourth-order valence-electron chi connectivity index (χ4n) is 2.71. The molecule has 10 heteroatoms. The van der Waals surface area contributed by atoms with Crippen LogP contribution in [0.25, 0.3) is 0 Å².